The molecule has 0 bridgehead atoms. The van der Waals surface area contributed by atoms with Gasteiger partial charge in [0.05, 0.1) is 23.4 Å². The molecule has 0 saturated heterocycles. The molecule has 3 aromatic rings. The third kappa shape index (κ3) is 5.29. The SMILES string of the molecule is CCOc1cc2nn(CCC(C)(C)O)cc2cc1NC(=O)c1cccc(C(F)F)n1. The fraction of sp³-hybridized carbons (Fsp3) is 0.381. The van der Waals surface area contributed by atoms with Gasteiger partial charge in [-0.3, -0.25) is 9.48 Å². The fourth-order valence-electron chi connectivity index (χ4n) is 2.86. The van der Waals surface area contributed by atoms with E-state index in [4.69, 9.17) is 4.74 Å². The molecule has 1 amide bonds. The summed E-state index contributed by atoms with van der Waals surface area (Å²) in [5.74, 6) is -0.205. The molecule has 0 unspecified atom stereocenters. The summed E-state index contributed by atoms with van der Waals surface area (Å²) in [5, 5.41) is 17.8. The second-order valence-corrected chi connectivity index (χ2v) is 7.50. The van der Waals surface area contributed by atoms with Gasteiger partial charge < -0.3 is 15.2 Å². The number of aliphatic hydroxyl groups is 1. The number of amides is 1. The average Bonchev–Trinajstić information content (AvgIpc) is 3.08. The van der Waals surface area contributed by atoms with E-state index >= 15 is 0 Å². The summed E-state index contributed by atoms with van der Waals surface area (Å²) in [6.45, 7) is 6.16. The minimum atomic E-state index is -2.76. The number of rotatable bonds is 8. The zero-order valence-electron chi connectivity index (χ0n) is 17.0. The summed E-state index contributed by atoms with van der Waals surface area (Å²) in [6.07, 6.45) is -0.431. The van der Waals surface area contributed by atoms with Crippen molar-refractivity contribution in [3.63, 3.8) is 0 Å². The van der Waals surface area contributed by atoms with Crippen LogP contribution in [0.4, 0.5) is 14.5 Å². The summed E-state index contributed by atoms with van der Waals surface area (Å²) in [7, 11) is 0. The van der Waals surface area contributed by atoms with E-state index in [0.29, 0.717) is 36.5 Å². The van der Waals surface area contributed by atoms with Crippen molar-refractivity contribution in [2.24, 2.45) is 0 Å². The first-order valence-electron chi connectivity index (χ1n) is 9.59. The van der Waals surface area contributed by atoms with Gasteiger partial charge in [0, 0.05) is 24.2 Å². The van der Waals surface area contributed by atoms with Crippen molar-refractivity contribution in [3.05, 3.63) is 47.9 Å². The Kier molecular flexibility index (Phi) is 6.31. The van der Waals surface area contributed by atoms with Crippen molar-refractivity contribution in [2.45, 2.75) is 45.8 Å². The molecule has 0 aliphatic rings. The maximum absolute atomic E-state index is 12.9. The van der Waals surface area contributed by atoms with Gasteiger partial charge in [0.1, 0.15) is 17.1 Å². The maximum Gasteiger partial charge on any atom is 0.280 e. The lowest BCUT2D eigenvalue weighted by atomic mass is 10.1. The zero-order chi connectivity index (χ0) is 21.9. The number of aromatic nitrogens is 3. The molecule has 9 heteroatoms. The van der Waals surface area contributed by atoms with Crippen molar-refractivity contribution >= 4 is 22.5 Å². The molecule has 0 aliphatic heterocycles. The van der Waals surface area contributed by atoms with Gasteiger partial charge in [-0.25, -0.2) is 13.8 Å². The molecule has 160 valence electrons. The van der Waals surface area contributed by atoms with E-state index in [-0.39, 0.29) is 5.69 Å². The zero-order valence-corrected chi connectivity index (χ0v) is 17.0. The Morgan fingerprint density at radius 3 is 2.77 bits per heavy atom. The van der Waals surface area contributed by atoms with Crippen LogP contribution in [-0.2, 0) is 6.54 Å². The molecular formula is C21H24F2N4O3. The summed E-state index contributed by atoms with van der Waals surface area (Å²) in [6, 6.07) is 7.32. The van der Waals surface area contributed by atoms with Crippen LogP contribution in [0.15, 0.2) is 36.5 Å². The molecule has 1 aromatic carbocycles. The van der Waals surface area contributed by atoms with Gasteiger partial charge in [0.25, 0.3) is 12.3 Å². The molecule has 0 fully saturated rings. The highest BCUT2D eigenvalue weighted by Crippen LogP contribution is 2.31. The monoisotopic (exact) mass is 418 g/mol. The Morgan fingerprint density at radius 2 is 2.10 bits per heavy atom. The van der Waals surface area contributed by atoms with Crippen LogP contribution in [0.25, 0.3) is 10.9 Å². The van der Waals surface area contributed by atoms with Gasteiger partial charge >= 0.3 is 0 Å². The van der Waals surface area contributed by atoms with Crippen LogP contribution in [0.1, 0.15) is 49.8 Å². The molecule has 2 aromatic heterocycles. The fourth-order valence-corrected chi connectivity index (χ4v) is 2.86. The third-order valence-electron chi connectivity index (χ3n) is 4.38. The number of alkyl halides is 2. The lowest BCUT2D eigenvalue weighted by Crippen LogP contribution is -2.21. The van der Waals surface area contributed by atoms with Gasteiger partial charge in [-0.2, -0.15) is 5.10 Å². The first-order chi connectivity index (χ1) is 14.2. The molecule has 2 heterocycles. The summed E-state index contributed by atoms with van der Waals surface area (Å²) >= 11 is 0. The maximum atomic E-state index is 12.9. The van der Waals surface area contributed by atoms with Crippen LogP contribution in [0.2, 0.25) is 0 Å². The number of halogens is 2. The minimum Gasteiger partial charge on any atom is -0.492 e. The van der Waals surface area contributed by atoms with Crippen molar-refractivity contribution in [1.29, 1.82) is 0 Å². The van der Waals surface area contributed by atoms with Gasteiger partial charge in [0.15, 0.2) is 0 Å². The number of pyridine rings is 1. The smallest absolute Gasteiger partial charge is 0.280 e. The highest BCUT2D eigenvalue weighted by Gasteiger charge is 2.17. The van der Waals surface area contributed by atoms with Gasteiger partial charge in [-0.05, 0) is 45.4 Å². The van der Waals surface area contributed by atoms with Crippen molar-refractivity contribution in [2.75, 3.05) is 11.9 Å². The molecular weight excluding hydrogens is 394 g/mol. The predicted octanol–water partition coefficient (Wildman–Crippen LogP) is 4.18. The Hall–Kier alpha value is -3.07. The number of carbonyl (C=O) groups is 1. The average molecular weight is 418 g/mol. The number of carbonyl (C=O) groups excluding carboxylic acids is 1. The topological polar surface area (TPSA) is 89.3 Å². The lowest BCUT2D eigenvalue weighted by molar-refractivity contribution is 0.0651. The van der Waals surface area contributed by atoms with E-state index in [1.165, 1.54) is 18.2 Å². The van der Waals surface area contributed by atoms with Crippen molar-refractivity contribution in [1.82, 2.24) is 14.8 Å². The van der Waals surface area contributed by atoms with E-state index in [2.05, 4.69) is 15.4 Å². The quantitative estimate of drug-likeness (QED) is 0.573. The molecule has 0 radical (unpaired) electrons. The summed E-state index contributed by atoms with van der Waals surface area (Å²) in [5.41, 5.74) is -0.328. The van der Waals surface area contributed by atoms with Crippen LogP contribution >= 0.6 is 0 Å². The van der Waals surface area contributed by atoms with E-state index in [9.17, 15) is 18.7 Å². The van der Waals surface area contributed by atoms with Crippen LogP contribution in [0, 0.1) is 0 Å². The van der Waals surface area contributed by atoms with E-state index in [1.54, 1.807) is 30.7 Å². The Bertz CT molecular complexity index is 1040. The van der Waals surface area contributed by atoms with Crippen molar-refractivity contribution < 1.29 is 23.4 Å². The molecule has 3 rings (SSSR count). The molecule has 30 heavy (non-hydrogen) atoms. The first-order valence-corrected chi connectivity index (χ1v) is 9.59. The van der Waals surface area contributed by atoms with Crippen LogP contribution < -0.4 is 10.1 Å². The molecule has 0 aliphatic carbocycles. The Labute approximate surface area is 172 Å². The predicted molar refractivity (Wildman–Crippen MR) is 109 cm³/mol. The standard InChI is InChI=1S/C21H24F2N4O3/c1-4-30-18-11-16-13(12-27(26-16)9-8-21(2,3)29)10-17(18)25-20(28)15-7-5-6-14(24-15)19(22)23/h5-7,10-12,19,29H,4,8-9H2,1-3H3,(H,25,28). The highest BCUT2D eigenvalue weighted by atomic mass is 19.3. The number of aryl methyl sites for hydroxylation is 1. The van der Waals surface area contributed by atoms with Gasteiger partial charge in [-0.15, -0.1) is 0 Å². The number of nitrogens with zero attached hydrogens (tertiary/aromatic N) is 3. The number of benzene rings is 1. The Morgan fingerprint density at radius 1 is 1.33 bits per heavy atom. The molecule has 7 nitrogen and oxygen atoms in total. The van der Waals surface area contributed by atoms with E-state index in [1.807, 2.05) is 13.1 Å². The Balaban J connectivity index is 1.88. The number of fused-ring (bicyclic) bond motifs is 1. The number of anilines is 1. The second kappa shape index (κ2) is 8.74. The first kappa shape index (κ1) is 21.6. The molecule has 0 spiro atoms. The normalized spacial score (nSPS) is 11.8. The number of nitrogens with one attached hydrogen (secondary N) is 1. The van der Waals surface area contributed by atoms with Crippen LogP contribution in [-0.4, -0.2) is 38.0 Å². The van der Waals surface area contributed by atoms with Crippen LogP contribution in [0.3, 0.4) is 0 Å². The number of hydrogen-bond acceptors (Lipinski definition) is 5. The minimum absolute atomic E-state index is 0.115. The van der Waals surface area contributed by atoms with Gasteiger partial charge in [0.2, 0.25) is 0 Å². The largest absolute Gasteiger partial charge is 0.492 e. The number of ether oxygens (including phenoxy) is 1. The highest BCUT2D eigenvalue weighted by molar-refractivity contribution is 6.05. The third-order valence-corrected chi connectivity index (χ3v) is 4.38. The summed E-state index contributed by atoms with van der Waals surface area (Å²) in [4.78, 5) is 16.3. The lowest BCUT2D eigenvalue weighted by Gasteiger charge is -2.16. The summed E-state index contributed by atoms with van der Waals surface area (Å²) < 4.78 is 33.1. The second-order valence-electron chi connectivity index (χ2n) is 7.50. The van der Waals surface area contributed by atoms with Crippen LogP contribution in [0.5, 0.6) is 5.75 Å². The number of hydrogen-bond donors (Lipinski definition) is 2. The molecule has 2 N–H and O–H groups in total. The van der Waals surface area contributed by atoms with Gasteiger partial charge in [-0.1, -0.05) is 6.07 Å². The van der Waals surface area contributed by atoms with E-state index in [0.717, 1.165) is 5.39 Å². The molecule has 0 atom stereocenters. The van der Waals surface area contributed by atoms with E-state index < -0.39 is 23.6 Å². The van der Waals surface area contributed by atoms with Crippen molar-refractivity contribution in [3.8, 4) is 5.75 Å². The molecule has 0 saturated carbocycles.